The van der Waals surface area contributed by atoms with E-state index in [9.17, 15) is 17.6 Å². The molecule has 1 fully saturated rings. The van der Waals surface area contributed by atoms with Gasteiger partial charge in [0.25, 0.3) is 0 Å². The second-order valence-electron chi connectivity index (χ2n) is 10.4. The van der Waals surface area contributed by atoms with Crippen LogP contribution in [0.5, 0.6) is 11.9 Å². The number of halogens is 5. The summed E-state index contributed by atoms with van der Waals surface area (Å²) >= 11 is 0. The van der Waals surface area contributed by atoms with Crippen molar-refractivity contribution in [1.82, 2.24) is 20.3 Å². The molecule has 2 aromatic heterocycles. The van der Waals surface area contributed by atoms with Crippen molar-refractivity contribution in [2.75, 3.05) is 44.0 Å². The molecule has 0 radical (unpaired) electrons. The number of allylic oxidation sites excluding steroid dienone is 1. The van der Waals surface area contributed by atoms with Gasteiger partial charge in [0.1, 0.15) is 22.4 Å². The molecule has 0 saturated carbocycles. The van der Waals surface area contributed by atoms with E-state index >= 15 is 4.39 Å². The maximum atomic E-state index is 16.5. The second kappa shape index (κ2) is 11.8. The van der Waals surface area contributed by atoms with Crippen molar-refractivity contribution in [2.24, 2.45) is 5.92 Å². The van der Waals surface area contributed by atoms with Crippen LogP contribution in [0.4, 0.5) is 33.5 Å². The van der Waals surface area contributed by atoms with Crippen LogP contribution in [0.25, 0.3) is 22.2 Å². The number of alkyl halides is 3. The zero-order valence-corrected chi connectivity index (χ0v) is 23.3. The van der Waals surface area contributed by atoms with E-state index in [1.807, 2.05) is 0 Å². The Morgan fingerprint density at radius 3 is 2.64 bits per heavy atom. The Bertz CT molecular complexity index is 1520. The van der Waals surface area contributed by atoms with E-state index in [2.05, 4.69) is 25.6 Å². The van der Waals surface area contributed by atoms with Crippen LogP contribution in [0.15, 0.2) is 17.8 Å². The molecule has 1 aromatic carbocycles. The van der Waals surface area contributed by atoms with Crippen molar-refractivity contribution in [2.45, 2.75) is 45.9 Å². The maximum absolute atomic E-state index is 16.5. The fraction of sp³-hybridized carbons (Fsp3) is 0.464. The first-order chi connectivity index (χ1) is 20.0. The summed E-state index contributed by atoms with van der Waals surface area (Å²) in [5.41, 5.74) is 1.77. The zero-order chi connectivity index (χ0) is 30.2. The topological polar surface area (TPSA) is 116 Å². The van der Waals surface area contributed by atoms with Gasteiger partial charge in [-0.1, -0.05) is 6.08 Å². The number of nitrogens with one attached hydrogen (secondary N) is 2. The molecule has 1 saturated heterocycles. The largest absolute Gasteiger partial charge is 0.474 e. The lowest BCUT2D eigenvalue weighted by atomic mass is 9.96. The van der Waals surface area contributed by atoms with Crippen molar-refractivity contribution in [3.05, 3.63) is 40.6 Å². The molecular formula is C28H31F5N6O3. The average Bonchev–Trinajstić information content (AvgIpc) is 3.45. The summed E-state index contributed by atoms with van der Waals surface area (Å²) in [7, 11) is 0. The van der Waals surface area contributed by atoms with Gasteiger partial charge in [-0.05, 0) is 51.8 Å². The Labute approximate surface area is 238 Å². The van der Waals surface area contributed by atoms with Crippen LogP contribution in [0.1, 0.15) is 37.8 Å². The van der Waals surface area contributed by atoms with Gasteiger partial charge in [-0.25, -0.2) is 13.8 Å². The highest BCUT2D eigenvalue weighted by atomic mass is 19.4. The first kappa shape index (κ1) is 29.7. The van der Waals surface area contributed by atoms with Crippen LogP contribution in [0.3, 0.4) is 0 Å². The van der Waals surface area contributed by atoms with Crippen molar-refractivity contribution in [3.8, 4) is 23.1 Å². The van der Waals surface area contributed by atoms with Gasteiger partial charge in [-0.3, -0.25) is 0 Å². The molecule has 2 aliphatic heterocycles. The summed E-state index contributed by atoms with van der Waals surface area (Å²) in [5.74, 6) is -2.47. The molecule has 0 bridgehead atoms. The first-order valence-corrected chi connectivity index (χ1v) is 13.5. The molecule has 3 aromatic rings. The number of hydrogen-bond donors (Lipinski definition) is 3. The molecule has 14 heteroatoms. The smallest absolute Gasteiger partial charge is 0.417 e. The average molecular weight is 595 g/mol. The van der Waals surface area contributed by atoms with Gasteiger partial charge >= 0.3 is 12.2 Å². The van der Waals surface area contributed by atoms with Crippen LogP contribution in [-0.2, 0) is 10.9 Å². The molecule has 0 aliphatic carbocycles. The van der Waals surface area contributed by atoms with E-state index in [1.54, 1.807) is 19.9 Å². The molecule has 2 aliphatic rings. The number of benzene rings is 1. The summed E-state index contributed by atoms with van der Waals surface area (Å²) in [5, 5.41) is 6.43. The fourth-order valence-electron chi connectivity index (χ4n) is 4.97. The van der Waals surface area contributed by atoms with Crippen molar-refractivity contribution >= 4 is 22.4 Å². The van der Waals surface area contributed by atoms with Gasteiger partial charge in [0.05, 0.1) is 30.6 Å². The molecule has 42 heavy (non-hydrogen) atoms. The molecule has 4 heterocycles. The normalized spacial score (nSPS) is 20.7. The van der Waals surface area contributed by atoms with Crippen LogP contribution in [0.2, 0.25) is 0 Å². The second-order valence-corrected chi connectivity index (χ2v) is 10.4. The number of hydrogen-bond acceptors (Lipinski definition) is 9. The number of rotatable bonds is 4. The van der Waals surface area contributed by atoms with Gasteiger partial charge in [-0.15, -0.1) is 0 Å². The summed E-state index contributed by atoms with van der Waals surface area (Å²) in [6, 6.07) is 0.528. The standard InChI is InChI=1S/C28H31F5N6O3/c1-4-16-10-35-7-5-13(2)42-26-19-24(38-27(39-25(19)36-16)41-12-15-6-8-40-11-15)22(30)23(37-26)17-9-18(34)21(29)14(3)20(17)28(31,32)33/h4,9,13,15,35H,5-8,10-12,34H2,1-3H3,(H,36,38,39)/b16-4-/t13-,15?/m0/s1. The van der Waals surface area contributed by atoms with E-state index < -0.39 is 52.0 Å². The van der Waals surface area contributed by atoms with Gasteiger partial charge in [-0.2, -0.15) is 23.1 Å². The Kier molecular flexibility index (Phi) is 8.37. The third kappa shape index (κ3) is 5.91. The summed E-state index contributed by atoms with van der Waals surface area (Å²) in [6.07, 6.45) is -2.46. The highest BCUT2D eigenvalue weighted by Gasteiger charge is 2.39. The molecule has 2 atom stereocenters. The molecule has 0 spiro atoms. The van der Waals surface area contributed by atoms with Gasteiger partial charge in [0.15, 0.2) is 11.6 Å². The van der Waals surface area contributed by atoms with E-state index in [0.717, 1.165) is 19.4 Å². The SMILES string of the molecule is C/C=C1/CNCC[C@H](C)Oc2nc(-c3cc(N)c(F)c(C)c3C(F)(F)F)c(F)c3nc(OCC4CCOC4)nc(c23)N1. The number of nitrogens with two attached hydrogens (primary N) is 1. The van der Waals surface area contributed by atoms with Crippen molar-refractivity contribution in [1.29, 1.82) is 0 Å². The van der Waals surface area contributed by atoms with Crippen LogP contribution in [0, 0.1) is 24.5 Å². The predicted molar refractivity (Wildman–Crippen MR) is 146 cm³/mol. The summed E-state index contributed by atoms with van der Waals surface area (Å²) in [6.45, 7) is 6.72. The molecular weight excluding hydrogens is 563 g/mol. The molecule has 9 nitrogen and oxygen atoms in total. The molecule has 4 N–H and O–H groups in total. The van der Waals surface area contributed by atoms with Gasteiger partial charge < -0.3 is 30.6 Å². The van der Waals surface area contributed by atoms with Crippen LogP contribution >= 0.6 is 0 Å². The van der Waals surface area contributed by atoms with Gasteiger partial charge in [0, 0.05) is 30.3 Å². The maximum Gasteiger partial charge on any atom is 0.417 e. The van der Waals surface area contributed by atoms with Crippen molar-refractivity contribution in [3.63, 3.8) is 0 Å². The van der Waals surface area contributed by atoms with Crippen LogP contribution in [-0.4, -0.2) is 54.0 Å². The number of anilines is 2. The monoisotopic (exact) mass is 594 g/mol. The predicted octanol–water partition coefficient (Wildman–Crippen LogP) is 5.37. The summed E-state index contributed by atoms with van der Waals surface area (Å²) < 4.78 is 91.1. The number of aromatic nitrogens is 3. The van der Waals surface area contributed by atoms with Gasteiger partial charge in [0.2, 0.25) is 5.88 Å². The molecule has 226 valence electrons. The quantitative estimate of drug-likeness (QED) is 0.271. The number of nitrogen functional groups attached to an aromatic ring is 1. The number of pyridine rings is 1. The summed E-state index contributed by atoms with van der Waals surface area (Å²) in [4.78, 5) is 13.0. The minimum Gasteiger partial charge on any atom is -0.474 e. The van der Waals surface area contributed by atoms with Crippen LogP contribution < -0.4 is 25.8 Å². The first-order valence-electron chi connectivity index (χ1n) is 13.5. The minimum absolute atomic E-state index is 0.0151. The van der Waals surface area contributed by atoms with E-state index in [4.69, 9.17) is 19.9 Å². The zero-order valence-electron chi connectivity index (χ0n) is 23.3. The number of nitrogens with zero attached hydrogens (tertiary/aromatic N) is 3. The van der Waals surface area contributed by atoms with E-state index in [1.165, 1.54) is 0 Å². The number of ether oxygens (including phenoxy) is 3. The van der Waals surface area contributed by atoms with Crippen molar-refractivity contribution < 1.29 is 36.2 Å². The third-order valence-corrected chi connectivity index (χ3v) is 7.25. The highest BCUT2D eigenvalue weighted by molar-refractivity contribution is 5.97. The molecule has 5 rings (SSSR count). The lowest BCUT2D eigenvalue weighted by Gasteiger charge is -2.21. The van der Waals surface area contributed by atoms with E-state index in [0.29, 0.717) is 38.4 Å². The lowest BCUT2D eigenvalue weighted by Crippen LogP contribution is -2.25. The Morgan fingerprint density at radius 2 is 1.95 bits per heavy atom. The third-order valence-electron chi connectivity index (χ3n) is 7.25. The van der Waals surface area contributed by atoms with E-state index in [-0.39, 0.29) is 41.1 Å². The molecule has 1 unspecified atom stereocenters. The minimum atomic E-state index is -5.05. The Morgan fingerprint density at radius 1 is 1.17 bits per heavy atom. The Hall–Kier alpha value is -3.78. The lowest BCUT2D eigenvalue weighted by molar-refractivity contribution is -0.137. The Balaban J connectivity index is 1.79. The highest BCUT2D eigenvalue weighted by Crippen LogP contribution is 2.45. The fourth-order valence-corrected chi connectivity index (χ4v) is 4.97. The molecule has 0 amide bonds.